The molecule has 3 heterocycles. The van der Waals surface area contributed by atoms with Crippen molar-refractivity contribution in [2.75, 3.05) is 31.5 Å². The van der Waals surface area contributed by atoms with Crippen molar-refractivity contribution in [3.05, 3.63) is 22.5 Å². The maximum atomic E-state index is 16.5. The third kappa shape index (κ3) is 2.77. The molecule has 12 heteroatoms. The monoisotopic (exact) mass is 553 g/mol. The second-order valence-corrected chi connectivity index (χ2v) is 12.1. The van der Waals surface area contributed by atoms with E-state index in [1.807, 2.05) is 0 Å². The van der Waals surface area contributed by atoms with Crippen LogP contribution in [-0.4, -0.2) is 92.3 Å². The Morgan fingerprint density at radius 2 is 1.95 bits per heavy atom. The number of likely N-dealkylation sites (tertiary alicyclic amines) is 2. The van der Waals surface area contributed by atoms with Crippen LogP contribution >= 0.6 is 0 Å². The number of amides is 1. The molecule has 2 saturated heterocycles. The molecule has 3 aliphatic heterocycles. The van der Waals surface area contributed by atoms with Gasteiger partial charge in [0.15, 0.2) is 23.0 Å². The fraction of sp³-hybridized carbons (Fsp3) is 0.607. The summed E-state index contributed by atoms with van der Waals surface area (Å²) in [5.41, 5.74) is 0.813. The van der Waals surface area contributed by atoms with Gasteiger partial charge in [0.05, 0.1) is 34.5 Å². The van der Waals surface area contributed by atoms with E-state index in [1.54, 1.807) is 11.8 Å². The van der Waals surface area contributed by atoms with Crippen molar-refractivity contribution in [2.45, 2.75) is 62.3 Å². The number of Topliss-reactive ketones (excluding diaryl/α,β-unsaturated/α-hetero) is 3. The number of aliphatic hydroxyl groups is 1. The average Bonchev–Trinajstić information content (AvgIpc) is 3.25. The Morgan fingerprint density at radius 1 is 1.25 bits per heavy atom. The Morgan fingerprint density at radius 3 is 2.60 bits per heavy atom. The Bertz CT molecular complexity index is 1440. The van der Waals surface area contributed by atoms with E-state index in [9.17, 15) is 29.4 Å². The lowest BCUT2D eigenvalue weighted by Gasteiger charge is -2.50. The number of hydrogen-bond acceptors (Lipinski definition) is 10. The molecule has 6 N–H and O–H groups in total. The molecule has 212 valence electrons. The van der Waals surface area contributed by atoms with Gasteiger partial charge in [-0.15, -0.1) is 0 Å². The number of carbonyl (C=O) groups is 4. The minimum atomic E-state index is -2.59. The highest BCUT2D eigenvalue weighted by atomic mass is 19.1. The molecule has 40 heavy (non-hydrogen) atoms. The molecule has 8 atom stereocenters. The summed E-state index contributed by atoms with van der Waals surface area (Å²) in [6.07, 6.45) is 2.60. The molecule has 2 saturated carbocycles. The number of carbonyl (C=O) groups excluding carboxylic acids is 4. The van der Waals surface area contributed by atoms with Gasteiger partial charge in [-0.2, -0.15) is 0 Å². The molecule has 0 bridgehead atoms. The zero-order valence-corrected chi connectivity index (χ0v) is 22.1. The first-order chi connectivity index (χ1) is 19.0. The van der Waals surface area contributed by atoms with Crippen LogP contribution in [0.5, 0.6) is 5.75 Å². The van der Waals surface area contributed by atoms with Crippen LogP contribution in [0, 0.1) is 29.0 Å². The number of likely N-dealkylation sites (N-methyl/N-ethyl adjacent to an activating group) is 1. The molecule has 4 fully saturated rings. The topological polar surface area (TPSA) is 177 Å². The number of fused-ring (bicyclic) bond motifs is 3. The van der Waals surface area contributed by atoms with Crippen LogP contribution in [-0.2, 0) is 20.8 Å². The number of hydrogen-bond donors (Lipinski definition) is 5. The van der Waals surface area contributed by atoms with E-state index in [0.29, 0.717) is 18.5 Å². The SMILES string of the molecule is CCN1C2C(=O)C(C(N)=O)C(=N)C3(O)C(=O)C4C(=O)c5c(O)c6c(c(F)c5CC4CC213)C(N1CCCC1)CCN6. The summed E-state index contributed by atoms with van der Waals surface area (Å²) in [7, 11) is 0. The van der Waals surface area contributed by atoms with Gasteiger partial charge in [-0.1, -0.05) is 6.92 Å². The van der Waals surface area contributed by atoms with Gasteiger partial charge >= 0.3 is 0 Å². The van der Waals surface area contributed by atoms with E-state index in [4.69, 9.17) is 11.1 Å². The van der Waals surface area contributed by atoms with Gasteiger partial charge in [0, 0.05) is 23.7 Å². The number of benzene rings is 1. The van der Waals surface area contributed by atoms with Crippen LogP contribution in [0.1, 0.15) is 60.1 Å². The molecule has 7 rings (SSSR count). The van der Waals surface area contributed by atoms with Crippen molar-refractivity contribution in [2.24, 2.45) is 23.5 Å². The molecule has 6 aliphatic rings. The van der Waals surface area contributed by atoms with Gasteiger partial charge < -0.3 is 26.7 Å². The molecule has 0 radical (unpaired) electrons. The largest absolute Gasteiger partial charge is 0.505 e. The molecule has 1 spiro atoms. The fourth-order valence-electron chi connectivity index (χ4n) is 8.92. The van der Waals surface area contributed by atoms with E-state index in [0.717, 1.165) is 25.9 Å². The molecule has 1 aromatic rings. The fourth-order valence-corrected chi connectivity index (χ4v) is 8.92. The van der Waals surface area contributed by atoms with E-state index in [1.165, 1.54) is 0 Å². The summed E-state index contributed by atoms with van der Waals surface area (Å²) in [6.45, 7) is 4.10. The van der Waals surface area contributed by atoms with Crippen LogP contribution in [0.3, 0.4) is 0 Å². The first-order valence-corrected chi connectivity index (χ1v) is 14.1. The minimum absolute atomic E-state index is 0.0196. The smallest absolute Gasteiger partial charge is 0.233 e. The standard InChI is InChI=1S/C28H32FN5O6/c1-2-34-24-22(37)17(26(31)39)23(30)28(40)25(38)14-11(10-27(24,28)34)9-12-15(20(14)35)21(36)19-16(18(12)29)13(5-6-32-19)33-7-3-4-8-33/h11,13-14,17,24,30,32,36,40H,2-10H2,1H3,(H2,31,39). The van der Waals surface area contributed by atoms with Gasteiger partial charge in [0.25, 0.3) is 0 Å². The van der Waals surface area contributed by atoms with Gasteiger partial charge in [-0.05, 0) is 57.7 Å². The Labute approximate surface area is 229 Å². The van der Waals surface area contributed by atoms with Gasteiger partial charge in [0.2, 0.25) is 5.91 Å². The third-order valence-electron chi connectivity index (χ3n) is 10.6. The lowest BCUT2D eigenvalue weighted by Crippen LogP contribution is -2.73. The summed E-state index contributed by atoms with van der Waals surface area (Å²) in [5.74, 6) is -8.56. The molecule has 1 aromatic carbocycles. The molecular formula is C28H32FN5O6. The maximum absolute atomic E-state index is 16.5. The van der Waals surface area contributed by atoms with Gasteiger partial charge in [0.1, 0.15) is 17.5 Å². The zero-order chi connectivity index (χ0) is 28.5. The molecular weight excluding hydrogens is 521 g/mol. The van der Waals surface area contributed by atoms with Crippen LogP contribution in [0.15, 0.2) is 0 Å². The number of primary amides is 1. The van der Waals surface area contributed by atoms with E-state index in [-0.39, 0.29) is 42.2 Å². The van der Waals surface area contributed by atoms with Crippen molar-refractivity contribution in [1.82, 2.24) is 9.80 Å². The highest BCUT2D eigenvalue weighted by Gasteiger charge is 2.85. The predicted octanol–water partition coefficient (Wildman–Crippen LogP) is 0.306. The van der Waals surface area contributed by atoms with Crippen molar-refractivity contribution < 1.29 is 33.8 Å². The maximum Gasteiger partial charge on any atom is 0.233 e. The Kier molecular flexibility index (Phi) is 5.26. The third-order valence-corrected chi connectivity index (χ3v) is 10.6. The average molecular weight is 554 g/mol. The second kappa shape index (κ2) is 8.17. The number of nitrogens with two attached hydrogens (primary N) is 1. The normalized spacial score (nSPS) is 40.0. The lowest BCUT2D eigenvalue weighted by atomic mass is 9.53. The van der Waals surface area contributed by atoms with E-state index < -0.39 is 75.5 Å². The molecule has 1 amide bonds. The number of nitrogens with one attached hydrogen (secondary N) is 2. The Hall–Kier alpha value is -3.22. The summed E-state index contributed by atoms with van der Waals surface area (Å²) >= 11 is 0. The molecule has 0 aromatic heterocycles. The number of nitrogens with zero attached hydrogens (tertiary/aromatic N) is 2. The van der Waals surface area contributed by atoms with E-state index in [2.05, 4.69) is 10.2 Å². The lowest BCUT2D eigenvalue weighted by molar-refractivity contribution is -0.147. The van der Waals surface area contributed by atoms with Crippen LogP contribution < -0.4 is 11.1 Å². The first kappa shape index (κ1) is 25.7. The van der Waals surface area contributed by atoms with E-state index >= 15 is 4.39 Å². The quantitative estimate of drug-likeness (QED) is 0.200. The highest BCUT2D eigenvalue weighted by Crippen LogP contribution is 2.63. The number of aromatic hydroxyl groups is 1. The summed E-state index contributed by atoms with van der Waals surface area (Å²) in [6, 6.07) is -1.26. The second-order valence-electron chi connectivity index (χ2n) is 12.1. The zero-order valence-electron chi connectivity index (χ0n) is 22.1. The van der Waals surface area contributed by atoms with Crippen LogP contribution in [0.4, 0.5) is 10.1 Å². The summed E-state index contributed by atoms with van der Waals surface area (Å²) in [4.78, 5) is 57.3. The van der Waals surface area contributed by atoms with Gasteiger partial charge in [-0.25, -0.2) is 4.39 Å². The van der Waals surface area contributed by atoms with Crippen molar-refractivity contribution in [3.8, 4) is 5.75 Å². The molecule has 3 aliphatic carbocycles. The molecule has 8 unspecified atom stereocenters. The molecule has 11 nitrogen and oxygen atoms in total. The number of phenols is 1. The highest BCUT2D eigenvalue weighted by molar-refractivity contribution is 6.35. The van der Waals surface area contributed by atoms with Crippen molar-refractivity contribution in [1.29, 1.82) is 5.41 Å². The summed E-state index contributed by atoms with van der Waals surface area (Å²) < 4.78 is 16.5. The number of phenolic OH excluding ortho intramolecular Hbond substituents is 1. The first-order valence-electron chi connectivity index (χ1n) is 14.1. The van der Waals surface area contributed by atoms with Crippen LogP contribution in [0.25, 0.3) is 0 Å². The van der Waals surface area contributed by atoms with Gasteiger partial charge in [-0.3, -0.25) is 29.0 Å². The number of anilines is 1. The Balaban J connectivity index is 1.37. The minimum Gasteiger partial charge on any atom is -0.505 e. The number of rotatable bonds is 3. The number of ketones is 3. The van der Waals surface area contributed by atoms with Crippen molar-refractivity contribution >= 4 is 34.7 Å². The summed E-state index contributed by atoms with van der Waals surface area (Å²) in [5, 5.41) is 35.0. The van der Waals surface area contributed by atoms with Crippen LogP contribution in [0.2, 0.25) is 0 Å². The number of halogens is 1. The predicted molar refractivity (Wildman–Crippen MR) is 139 cm³/mol. The van der Waals surface area contributed by atoms with Crippen molar-refractivity contribution in [3.63, 3.8) is 0 Å².